The summed E-state index contributed by atoms with van der Waals surface area (Å²) in [4.78, 5) is 21.4. The Hall–Kier alpha value is -3.11. The van der Waals surface area contributed by atoms with Crippen molar-refractivity contribution < 1.29 is 4.79 Å². The summed E-state index contributed by atoms with van der Waals surface area (Å²) in [5, 5.41) is 12.7. The van der Waals surface area contributed by atoms with Crippen LogP contribution in [0.5, 0.6) is 0 Å². The van der Waals surface area contributed by atoms with Gasteiger partial charge in [-0.1, -0.05) is 12.1 Å². The summed E-state index contributed by atoms with van der Waals surface area (Å²) in [5.41, 5.74) is 4.19. The Kier molecular flexibility index (Phi) is 4.36. The number of aryl methyl sites for hydroxylation is 1. The van der Waals surface area contributed by atoms with Gasteiger partial charge in [-0.15, -0.1) is 0 Å². The fraction of sp³-hybridized carbons (Fsp3) is 0.409. The molecule has 29 heavy (non-hydrogen) atoms. The van der Waals surface area contributed by atoms with E-state index in [4.69, 9.17) is 4.98 Å². The van der Waals surface area contributed by atoms with Crippen LogP contribution in [0.2, 0.25) is 0 Å². The lowest BCUT2D eigenvalue weighted by atomic mass is 10.1. The normalized spacial score (nSPS) is 17.6. The number of piperazine rings is 1. The maximum atomic E-state index is 12.1. The largest absolute Gasteiger partial charge is 0.355 e. The first-order chi connectivity index (χ1) is 14.1. The van der Waals surface area contributed by atoms with E-state index < -0.39 is 0 Å². The molecule has 7 nitrogen and oxygen atoms in total. The summed E-state index contributed by atoms with van der Waals surface area (Å²) in [6.07, 6.45) is 2.23. The van der Waals surface area contributed by atoms with Gasteiger partial charge in [0.05, 0.1) is 23.1 Å². The number of hydrogen-bond acceptors (Lipinski definition) is 5. The number of nitrogens with zero attached hydrogens (tertiary/aromatic N) is 5. The maximum absolute atomic E-state index is 12.1. The zero-order valence-electron chi connectivity index (χ0n) is 16.6. The number of pyridine rings is 1. The Morgan fingerprint density at radius 3 is 2.72 bits per heavy atom. The van der Waals surface area contributed by atoms with Crippen LogP contribution in [0.4, 0.5) is 5.82 Å². The Labute approximate surface area is 169 Å². The zero-order valence-corrected chi connectivity index (χ0v) is 16.6. The van der Waals surface area contributed by atoms with Gasteiger partial charge in [-0.05, 0) is 43.5 Å². The van der Waals surface area contributed by atoms with Gasteiger partial charge in [0.2, 0.25) is 5.91 Å². The Morgan fingerprint density at radius 2 is 2.00 bits per heavy atom. The molecule has 2 aliphatic rings. The van der Waals surface area contributed by atoms with Crippen LogP contribution in [0.25, 0.3) is 16.7 Å². The van der Waals surface area contributed by atoms with Gasteiger partial charge < -0.3 is 10.2 Å². The molecule has 0 spiro atoms. The quantitative estimate of drug-likeness (QED) is 0.740. The lowest BCUT2D eigenvalue weighted by Crippen LogP contribution is -2.50. The second kappa shape index (κ2) is 7.05. The molecule has 2 fully saturated rings. The highest BCUT2D eigenvalue weighted by atomic mass is 16.2. The summed E-state index contributed by atoms with van der Waals surface area (Å²) in [6.45, 7) is 5.80. The molecule has 3 aromatic rings. The van der Waals surface area contributed by atoms with Crippen molar-refractivity contribution in [2.75, 3.05) is 37.6 Å². The maximum Gasteiger partial charge on any atom is 0.234 e. The van der Waals surface area contributed by atoms with Crippen LogP contribution in [0.1, 0.15) is 24.0 Å². The molecule has 1 saturated heterocycles. The first-order valence-electron chi connectivity index (χ1n) is 10.2. The third-order valence-corrected chi connectivity index (χ3v) is 5.87. The molecule has 5 rings (SSSR count). The summed E-state index contributed by atoms with van der Waals surface area (Å²) >= 11 is 0. The second-order valence-corrected chi connectivity index (χ2v) is 8.04. The Morgan fingerprint density at radius 1 is 1.24 bits per heavy atom. The van der Waals surface area contributed by atoms with Crippen molar-refractivity contribution in [3.8, 4) is 6.07 Å². The summed E-state index contributed by atoms with van der Waals surface area (Å²) in [5.74, 6) is 1.20. The topological polar surface area (TPSA) is 76.7 Å². The molecule has 7 heteroatoms. The highest BCUT2D eigenvalue weighted by Crippen LogP contribution is 2.29. The van der Waals surface area contributed by atoms with E-state index in [1.807, 2.05) is 31.2 Å². The standard InChI is InChI=1S/C22H24N6O/c1-15-12-21(27-10-8-26(9-11-27)14-20(29)24-16-6-7-16)28-19-5-3-2-4-18(19)25-22(28)17(15)13-23/h2-5,12,16H,6-11,14H2,1H3,(H,24,29). The number of anilines is 1. The van der Waals surface area contributed by atoms with E-state index in [0.717, 1.165) is 67.1 Å². The Balaban J connectivity index is 1.43. The fourth-order valence-electron chi connectivity index (χ4n) is 4.14. The summed E-state index contributed by atoms with van der Waals surface area (Å²) in [7, 11) is 0. The predicted molar refractivity (Wildman–Crippen MR) is 112 cm³/mol. The van der Waals surface area contributed by atoms with Gasteiger partial charge in [0.1, 0.15) is 11.9 Å². The first kappa shape index (κ1) is 18.0. The van der Waals surface area contributed by atoms with Crippen molar-refractivity contribution in [1.82, 2.24) is 19.6 Å². The smallest absolute Gasteiger partial charge is 0.234 e. The second-order valence-electron chi connectivity index (χ2n) is 8.04. The van der Waals surface area contributed by atoms with E-state index >= 15 is 0 Å². The molecule has 1 N–H and O–H groups in total. The molecule has 1 aliphatic carbocycles. The van der Waals surface area contributed by atoms with Gasteiger partial charge in [0, 0.05) is 32.2 Å². The van der Waals surface area contributed by atoms with Crippen LogP contribution in [0, 0.1) is 18.3 Å². The van der Waals surface area contributed by atoms with Gasteiger partial charge in [-0.3, -0.25) is 14.1 Å². The number of carbonyl (C=O) groups excluding carboxylic acids is 1. The van der Waals surface area contributed by atoms with Gasteiger partial charge in [0.15, 0.2) is 5.65 Å². The van der Waals surface area contributed by atoms with Crippen LogP contribution < -0.4 is 10.2 Å². The van der Waals surface area contributed by atoms with E-state index in [-0.39, 0.29) is 5.91 Å². The number of rotatable bonds is 4. The van der Waals surface area contributed by atoms with Gasteiger partial charge in [-0.25, -0.2) is 4.98 Å². The average molecular weight is 388 g/mol. The molecule has 0 bridgehead atoms. The molecule has 0 unspecified atom stereocenters. The van der Waals surface area contributed by atoms with Crippen molar-refractivity contribution in [2.45, 2.75) is 25.8 Å². The molecular formula is C22H24N6O. The number of fused-ring (bicyclic) bond motifs is 3. The first-order valence-corrected chi connectivity index (χ1v) is 10.2. The highest BCUT2D eigenvalue weighted by Gasteiger charge is 2.26. The summed E-state index contributed by atoms with van der Waals surface area (Å²) in [6, 6.07) is 12.8. The molecule has 148 valence electrons. The predicted octanol–water partition coefficient (Wildman–Crippen LogP) is 2.07. The average Bonchev–Trinajstić information content (AvgIpc) is 3.45. The van der Waals surface area contributed by atoms with E-state index in [0.29, 0.717) is 18.2 Å². The van der Waals surface area contributed by atoms with Crippen LogP contribution in [0.15, 0.2) is 30.3 Å². The van der Waals surface area contributed by atoms with E-state index in [1.54, 1.807) is 0 Å². The van der Waals surface area contributed by atoms with E-state index in [9.17, 15) is 10.1 Å². The summed E-state index contributed by atoms with van der Waals surface area (Å²) < 4.78 is 2.11. The number of benzene rings is 1. The van der Waals surface area contributed by atoms with Crippen LogP contribution in [0.3, 0.4) is 0 Å². The molecule has 1 amide bonds. The van der Waals surface area contributed by atoms with Crippen LogP contribution in [-0.4, -0.2) is 59.0 Å². The number of nitriles is 1. The fourth-order valence-corrected chi connectivity index (χ4v) is 4.14. The highest BCUT2D eigenvalue weighted by molar-refractivity contribution is 5.85. The van der Waals surface area contributed by atoms with E-state index in [2.05, 4.69) is 31.7 Å². The van der Waals surface area contributed by atoms with Gasteiger partial charge >= 0.3 is 0 Å². The third-order valence-electron chi connectivity index (χ3n) is 5.87. The van der Waals surface area contributed by atoms with Crippen LogP contribution >= 0.6 is 0 Å². The number of nitrogens with one attached hydrogen (secondary N) is 1. The van der Waals surface area contributed by atoms with Crippen molar-refractivity contribution in [2.24, 2.45) is 0 Å². The number of aromatic nitrogens is 2. The van der Waals surface area contributed by atoms with Crippen molar-refractivity contribution in [1.29, 1.82) is 5.26 Å². The minimum Gasteiger partial charge on any atom is -0.355 e. The molecule has 1 aliphatic heterocycles. The SMILES string of the molecule is Cc1cc(N2CCN(CC(=O)NC3CC3)CC2)n2c(nc3ccccc32)c1C#N. The third kappa shape index (κ3) is 3.30. The zero-order chi connectivity index (χ0) is 20.0. The lowest BCUT2D eigenvalue weighted by molar-refractivity contribution is -0.122. The van der Waals surface area contributed by atoms with Crippen molar-refractivity contribution in [3.63, 3.8) is 0 Å². The number of hydrogen-bond donors (Lipinski definition) is 1. The molecule has 0 atom stereocenters. The number of imidazole rings is 1. The molecular weight excluding hydrogens is 364 g/mol. The molecule has 2 aromatic heterocycles. The van der Waals surface area contributed by atoms with Crippen molar-refractivity contribution >= 4 is 28.4 Å². The minimum atomic E-state index is 0.137. The molecule has 1 saturated carbocycles. The number of carbonyl (C=O) groups is 1. The Bertz CT molecular complexity index is 1130. The van der Waals surface area contributed by atoms with Crippen molar-refractivity contribution in [3.05, 3.63) is 41.5 Å². The minimum absolute atomic E-state index is 0.137. The van der Waals surface area contributed by atoms with Gasteiger partial charge in [-0.2, -0.15) is 5.26 Å². The van der Waals surface area contributed by atoms with Crippen LogP contribution in [-0.2, 0) is 4.79 Å². The number of para-hydroxylation sites is 2. The lowest BCUT2D eigenvalue weighted by Gasteiger charge is -2.36. The monoisotopic (exact) mass is 388 g/mol. The molecule has 1 aromatic carbocycles. The van der Waals surface area contributed by atoms with E-state index in [1.165, 1.54) is 0 Å². The molecule has 3 heterocycles. The number of amides is 1. The van der Waals surface area contributed by atoms with Gasteiger partial charge in [0.25, 0.3) is 0 Å². The molecule has 0 radical (unpaired) electrons.